The molecule has 2 amide bonds. The molecule has 4 rings (SSSR count). The molecule has 1 aliphatic heterocycles. The normalized spacial score (nSPS) is 12.8. The molecule has 0 N–H and O–H groups in total. The molecule has 1 aliphatic rings. The molecular formula is C27H26N2O5. The molecule has 3 aromatic rings. The maximum atomic E-state index is 12.9. The summed E-state index contributed by atoms with van der Waals surface area (Å²) >= 11 is 0. The van der Waals surface area contributed by atoms with Gasteiger partial charge < -0.3 is 9.30 Å². The van der Waals surface area contributed by atoms with E-state index in [0.29, 0.717) is 28.6 Å². The quantitative estimate of drug-likeness (QED) is 0.207. The zero-order chi connectivity index (χ0) is 24.4. The van der Waals surface area contributed by atoms with Crippen LogP contribution in [0.5, 0.6) is 0 Å². The molecule has 0 saturated heterocycles. The van der Waals surface area contributed by atoms with Gasteiger partial charge in [-0.25, -0.2) is 0 Å². The minimum Gasteiger partial charge on any atom is -0.457 e. The summed E-state index contributed by atoms with van der Waals surface area (Å²) in [5, 5.41) is 1.51. The fourth-order valence-electron chi connectivity index (χ4n) is 4.45. The summed E-state index contributed by atoms with van der Waals surface area (Å²) in [6.07, 6.45) is 1.99. The number of benzene rings is 2. The second kappa shape index (κ2) is 9.47. The lowest BCUT2D eigenvalue weighted by molar-refractivity contribution is -0.142. The number of esters is 1. The number of hydrogen-bond donors (Lipinski definition) is 0. The molecule has 0 fully saturated rings. The number of ether oxygens (including phenoxy) is 1. The second-order valence-corrected chi connectivity index (χ2v) is 8.34. The van der Waals surface area contributed by atoms with Crippen LogP contribution >= 0.6 is 0 Å². The molecule has 0 atom stereocenters. The van der Waals surface area contributed by atoms with Crippen LogP contribution in [0.4, 0.5) is 0 Å². The number of allylic oxidation sites excluding steroid dienone is 1. The highest BCUT2D eigenvalue weighted by Gasteiger charge is 2.32. The number of amides is 2. The smallest absolute Gasteiger partial charge is 0.306 e. The van der Waals surface area contributed by atoms with Gasteiger partial charge in [-0.05, 0) is 43.9 Å². The predicted octanol–water partition coefficient (Wildman–Crippen LogP) is 4.25. The van der Waals surface area contributed by atoms with Gasteiger partial charge in [0.2, 0.25) is 5.78 Å². The van der Waals surface area contributed by atoms with Crippen LogP contribution in [0.1, 0.15) is 55.3 Å². The third kappa shape index (κ3) is 4.17. The standard InChI is InChI=1S/C27H26N2O5/c1-4-13-28-17(2)15-22(18(28)3)23(30)16-34-24(31)12-7-14-29-26(32)20-10-5-8-19-9-6-11-21(25(19)20)27(29)33/h4-6,8-11,15H,1,7,12-14,16H2,2-3H3. The summed E-state index contributed by atoms with van der Waals surface area (Å²) in [5.74, 6) is -1.56. The van der Waals surface area contributed by atoms with Gasteiger partial charge in [0.05, 0.1) is 0 Å². The Balaban J connectivity index is 1.33. The van der Waals surface area contributed by atoms with Crippen LogP contribution in [0.2, 0.25) is 0 Å². The SMILES string of the molecule is C=CCn1c(C)cc(C(=O)COC(=O)CCCN2C(=O)c3cccc4cccc(c34)C2=O)c1C. The van der Waals surface area contributed by atoms with E-state index in [0.717, 1.165) is 16.8 Å². The molecule has 7 nitrogen and oxygen atoms in total. The minimum absolute atomic E-state index is 0.00826. The first kappa shape index (κ1) is 23.2. The summed E-state index contributed by atoms with van der Waals surface area (Å²) in [4.78, 5) is 51.7. The van der Waals surface area contributed by atoms with Gasteiger partial charge in [0, 0.05) is 53.0 Å². The highest BCUT2D eigenvalue weighted by atomic mass is 16.5. The van der Waals surface area contributed by atoms with Crippen molar-refractivity contribution in [3.8, 4) is 0 Å². The summed E-state index contributed by atoms with van der Waals surface area (Å²) in [7, 11) is 0. The van der Waals surface area contributed by atoms with Crippen molar-refractivity contribution >= 4 is 34.3 Å². The maximum Gasteiger partial charge on any atom is 0.306 e. The van der Waals surface area contributed by atoms with E-state index in [2.05, 4.69) is 6.58 Å². The number of carbonyl (C=O) groups excluding carboxylic acids is 4. The van der Waals surface area contributed by atoms with Gasteiger partial charge in [-0.2, -0.15) is 0 Å². The second-order valence-electron chi connectivity index (χ2n) is 8.34. The lowest BCUT2D eigenvalue weighted by Gasteiger charge is -2.27. The Bertz CT molecular complexity index is 1280. The van der Waals surface area contributed by atoms with Crippen molar-refractivity contribution in [2.24, 2.45) is 0 Å². The summed E-state index contributed by atoms with van der Waals surface area (Å²) in [6.45, 7) is 7.81. The third-order valence-electron chi connectivity index (χ3n) is 6.17. The first-order valence-corrected chi connectivity index (χ1v) is 11.2. The average Bonchev–Trinajstić information content (AvgIpc) is 3.11. The number of nitrogens with zero attached hydrogens (tertiary/aromatic N) is 2. The van der Waals surface area contributed by atoms with Crippen LogP contribution in [0.25, 0.3) is 10.8 Å². The van der Waals surface area contributed by atoms with E-state index in [-0.39, 0.29) is 43.6 Å². The molecule has 34 heavy (non-hydrogen) atoms. The Morgan fingerprint density at radius 1 is 1.03 bits per heavy atom. The van der Waals surface area contributed by atoms with Gasteiger partial charge >= 0.3 is 5.97 Å². The number of imide groups is 1. The number of hydrogen-bond acceptors (Lipinski definition) is 5. The van der Waals surface area contributed by atoms with Gasteiger partial charge in [-0.15, -0.1) is 6.58 Å². The van der Waals surface area contributed by atoms with E-state index in [1.54, 1.807) is 36.4 Å². The third-order valence-corrected chi connectivity index (χ3v) is 6.17. The molecule has 2 heterocycles. The Morgan fingerprint density at radius 2 is 1.68 bits per heavy atom. The molecule has 0 spiro atoms. The predicted molar refractivity (Wildman–Crippen MR) is 128 cm³/mol. The van der Waals surface area contributed by atoms with Crippen LogP contribution in [0.15, 0.2) is 55.1 Å². The lowest BCUT2D eigenvalue weighted by atomic mass is 9.94. The molecule has 174 valence electrons. The van der Waals surface area contributed by atoms with E-state index in [1.165, 1.54) is 4.90 Å². The number of aryl methyl sites for hydroxylation is 1. The maximum absolute atomic E-state index is 12.9. The molecule has 0 aliphatic carbocycles. The van der Waals surface area contributed by atoms with Gasteiger partial charge in [0.15, 0.2) is 6.61 Å². The first-order valence-electron chi connectivity index (χ1n) is 11.2. The van der Waals surface area contributed by atoms with Crippen molar-refractivity contribution in [1.82, 2.24) is 9.47 Å². The zero-order valence-corrected chi connectivity index (χ0v) is 19.3. The first-order chi connectivity index (χ1) is 16.3. The number of ketones is 1. The molecule has 0 saturated carbocycles. The molecule has 0 bridgehead atoms. The largest absolute Gasteiger partial charge is 0.457 e. The van der Waals surface area contributed by atoms with Gasteiger partial charge in [-0.3, -0.25) is 24.1 Å². The van der Waals surface area contributed by atoms with Crippen molar-refractivity contribution in [2.75, 3.05) is 13.2 Å². The summed E-state index contributed by atoms with van der Waals surface area (Å²) < 4.78 is 7.13. The van der Waals surface area contributed by atoms with Crippen LogP contribution in [0.3, 0.4) is 0 Å². The average molecular weight is 459 g/mol. The number of rotatable bonds is 9. The molecular weight excluding hydrogens is 432 g/mol. The van der Waals surface area contributed by atoms with Gasteiger partial charge in [0.25, 0.3) is 11.8 Å². The van der Waals surface area contributed by atoms with Crippen molar-refractivity contribution in [3.63, 3.8) is 0 Å². The van der Waals surface area contributed by atoms with Gasteiger partial charge in [0.1, 0.15) is 0 Å². The highest BCUT2D eigenvalue weighted by molar-refractivity contribution is 6.25. The van der Waals surface area contributed by atoms with Crippen LogP contribution < -0.4 is 0 Å². The van der Waals surface area contributed by atoms with E-state index in [9.17, 15) is 19.2 Å². The van der Waals surface area contributed by atoms with Crippen molar-refractivity contribution in [2.45, 2.75) is 33.2 Å². The van der Waals surface area contributed by atoms with E-state index in [4.69, 9.17) is 4.74 Å². The number of Topliss-reactive ketones (excluding diaryl/α,β-unsaturated/α-hetero) is 1. The highest BCUT2D eigenvalue weighted by Crippen LogP contribution is 2.30. The Morgan fingerprint density at radius 3 is 2.29 bits per heavy atom. The molecule has 1 aromatic heterocycles. The molecule has 0 unspecified atom stereocenters. The van der Waals surface area contributed by atoms with Crippen LogP contribution in [0, 0.1) is 13.8 Å². The van der Waals surface area contributed by atoms with E-state index < -0.39 is 5.97 Å². The van der Waals surface area contributed by atoms with E-state index >= 15 is 0 Å². The van der Waals surface area contributed by atoms with Crippen molar-refractivity contribution < 1.29 is 23.9 Å². The number of carbonyl (C=O) groups is 4. The Labute approximate surface area is 197 Å². The fraction of sp³-hybridized carbons (Fsp3) is 0.259. The molecule has 0 radical (unpaired) electrons. The van der Waals surface area contributed by atoms with Gasteiger partial charge in [-0.1, -0.05) is 30.3 Å². The van der Waals surface area contributed by atoms with Crippen molar-refractivity contribution in [1.29, 1.82) is 0 Å². The van der Waals surface area contributed by atoms with Crippen LogP contribution in [-0.4, -0.2) is 46.2 Å². The summed E-state index contributed by atoms with van der Waals surface area (Å²) in [6, 6.07) is 12.5. The Kier molecular flexibility index (Phi) is 6.45. The Hall–Kier alpha value is -4.00. The number of aromatic nitrogens is 1. The molecule has 2 aromatic carbocycles. The lowest BCUT2D eigenvalue weighted by Crippen LogP contribution is -2.41. The molecule has 7 heteroatoms. The van der Waals surface area contributed by atoms with Crippen molar-refractivity contribution in [3.05, 3.63) is 83.2 Å². The zero-order valence-electron chi connectivity index (χ0n) is 19.3. The fourth-order valence-corrected chi connectivity index (χ4v) is 4.45. The topological polar surface area (TPSA) is 85.7 Å². The monoisotopic (exact) mass is 458 g/mol. The minimum atomic E-state index is -0.548. The van der Waals surface area contributed by atoms with E-state index in [1.807, 2.05) is 30.5 Å². The van der Waals surface area contributed by atoms with Crippen LogP contribution in [-0.2, 0) is 16.1 Å². The summed E-state index contributed by atoms with van der Waals surface area (Å²) in [5.41, 5.74) is 3.21.